The Morgan fingerprint density at radius 2 is 1.42 bits per heavy atom. The normalized spacial score (nSPS) is 10.3. The summed E-state index contributed by atoms with van der Waals surface area (Å²) in [6.45, 7) is 3.18. The van der Waals surface area contributed by atoms with Gasteiger partial charge in [-0.3, -0.25) is 14.4 Å². The summed E-state index contributed by atoms with van der Waals surface area (Å²) < 4.78 is 4.95. The van der Waals surface area contributed by atoms with Crippen LogP contribution in [0.2, 0.25) is 0 Å². The van der Waals surface area contributed by atoms with Gasteiger partial charge in [0.25, 0.3) is 5.91 Å². The number of hydrogen-bond donors (Lipinski definition) is 4. The van der Waals surface area contributed by atoms with Crippen molar-refractivity contribution in [1.29, 1.82) is 0 Å². The summed E-state index contributed by atoms with van der Waals surface area (Å²) in [5.41, 5.74) is 2.62. The smallest absolute Gasteiger partial charge is 0.251 e. The Balaban J connectivity index is 1.75. The summed E-state index contributed by atoms with van der Waals surface area (Å²) in [7, 11) is 1.62. The van der Waals surface area contributed by atoms with Crippen molar-refractivity contribution >= 4 is 34.8 Å². The molecule has 0 radical (unpaired) electrons. The zero-order chi connectivity index (χ0) is 22.5. The number of carbonyl (C=O) groups is 3. The molecule has 166 valence electrons. The maximum Gasteiger partial charge on any atom is 0.251 e. The van der Waals surface area contributed by atoms with Crippen molar-refractivity contribution in [2.24, 2.45) is 0 Å². The molecule has 2 aromatic carbocycles. The van der Waals surface area contributed by atoms with Crippen molar-refractivity contribution in [3.8, 4) is 0 Å². The van der Waals surface area contributed by atoms with E-state index < -0.39 is 0 Å². The number of nitrogens with one attached hydrogen (secondary N) is 4. The maximum atomic E-state index is 12.2. The zero-order valence-corrected chi connectivity index (χ0v) is 18.0. The second kappa shape index (κ2) is 13.0. The van der Waals surface area contributed by atoms with Gasteiger partial charge in [-0.1, -0.05) is 6.92 Å². The van der Waals surface area contributed by atoms with Crippen molar-refractivity contribution in [3.05, 3.63) is 54.1 Å². The van der Waals surface area contributed by atoms with Gasteiger partial charge < -0.3 is 26.0 Å². The summed E-state index contributed by atoms with van der Waals surface area (Å²) in [6.07, 6.45) is 2.02. The molecule has 0 fully saturated rings. The van der Waals surface area contributed by atoms with Gasteiger partial charge in [0.05, 0.1) is 6.54 Å². The van der Waals surface area contributed by atoms with E-state index in [9.17, 15) is 14.4 Å². The lowest BCUT2D eigenvalue weighted by Crippen LogP contribution is -2.25. The summed E-state index contributed by atoms with van der Waals surface area (Å²) in [5, 5.41) is 11.4. The van der Waals surface area contributed by atoms with Crippen molar-refractivity contribution in [1.82, 2.24) is 5.32 Å². The van der Waals surface area contributed by atoms with E-state index in [0.717, 1.165) is 18.5 Å². The van der Waals surface area contributed by atoms with Gasteiger partial charge in [-0.25, -0.2) is 0 Å². The van der Waals surface area contributed by atoms with Crippen LogP contribution in [0, 0.1) is 0 Å². The van der Waals surface area contributed by atoms with E-state index in [1.807, 2.05) is 6.92 Å². The van der Waals surface area contributed by atoms with Crippen LogP contribution in [0.25, 0.3) is 0 Å². The number of methoxy groups -OCH3 is 1. The Morgan fingerprint density at radius 1 is 0.839 bits per heavy atom. The molecular weight excluding hydrogens is 396 g/mol. The minimum atomic E-state index is -0.206. The first kappa shape index (κ1) is 23.9. The molecule has 31 heavy (non-hydrogen) atoms. The third-order valence-electron chi connectivity index (χ3n) is 4.34. The van der Waals surface area contributed by atoms with Crippen molar-refractivity contribution < 1.29 is 19.1 Å². The van der Waals surface area contributed by atoms with Crippen LogP contribution in [-0.2, 0) is 14.3 Å². The number of ether oxygens (including phenoxy) is 1. The highest BCUT2D eigenvalue weighted by atomic mass is 16.5. The van der Waals surface area contributed by atoms with E-state index in [2.05, 4.69) is 21.3 Å². The lowest BCUT2D eigenvalue weighted by atomic mass is 10.2. The van der Waals surface area contributed by atoms with E-state index in [-0.39, 0.29) is 24.3 Å². The van der Waals surface area contributed by atoms with Gasteiger partial charge in [-0.05, 0) is 61.4 Å². The molecule has 4 N–H and O–H groups in total. The fourth-order valence-electron chi connectivity index (χ4n) is 2.73. The Hall–Kier alpha value is -3.39. The summed E-state index contributed by atoms with van der Waals surface area (Å²) in [5.74, 6) is -0.379. The molecule has 0 heterocycles. The van der Waals surface area contributed by atoms with Crippen molar-refractivity contribution in [2.75, 3.05) is 42.8 Å². The van der Waals surface area contributed by atoms with Gasteiger partial charge in [0.1, 0.15) is 0 Å². The van der Waals surface area contributed by atoms with Crippen molar-refractivity contribution in [3.63, 3.8) is 0 Å². The molecule has 8 nitrogen and oxygen atoms in total. The molecule has 0 bridgehead atoms. The molecule has 0 aromatic heterocycles. The van der Waals surface area contributed by atoms with Crippen molar-refractivity contribution in [2.45, 2.75) is 26.2 Å². The quantitative estimate of drug-likeness (QED) is 0.390. The van der Waals surface area contributed by atoms with Crippen LogP contribution in [0.5, 0.6) is 0 Å². The highest BCUT2D eigenvalue weighted by molar-refractivity contribution is 5.96. The lowest BCUT2D eigenvalue weighted by molar-refractivity contribution is -0.116. The minimum Gasteiger partial charge on any atom is -0.385 e. The highest BCUT2D eigenvalue weighted by Gasteiger charge is 2.07. The molecule has 0 aliphatic heterocycles. The van der Waals surface area contributed by atoms with E-state index >= 15 is 0 Å². The molecule has 2 rings (SSSR count). The van der Waals surface area contributed by atoms with E-state index in [4.69, 9.17) is 4.74 Å². The van der Waals surface area contributed by atoms with Gasteiger partial charge >= 0.3 is 0 Å². The van der Waals surface area contributed by atoms with Gasteiger partial charge in [0, 0.05) is 49.3 Å². The molecular formula is C23H30N4O4. The van der Waals surface area contributed by atoms with Gasteiger partial charge in [-0.2, -0.15) is 0 Å². The molecule has 0 spiro atoms. The SMILES string of the molecule is CCCC(=O)Nc1ccc(NC(=O)CNc2ccc(C(=O)NCCCOC)cc2)cc1. The Labute approximate surface area is 182 Å². The largest absolute Gasteiger partial charge is 0.385 e. The molecule has 0 aliphatic rings. The summed E-state index contributed by atoms with van der Waals surface area (Å²) in [4.78, 5) is 35.8. The molecule has 0 atom stereocenters. The fraction of sp³-hybridized carbons (Fsp3) is 0.348. The third kappa shape index (κ3) is 8.88. The number of carbonyl (C=O) groups excluding carboxylic acids is 3. The molecule has 8 heteroatoms. The first-order valence-electron chi connectivity index (χ1n) is 10.3. The number of hydrogen-bond acceptors (Lipinski definition) is 5. The van der Waals surface area contributed by atoms with E-state index in [0.29, 0.717) is 36.5 Å². The topological polar surface area (TPSA) is 109 Å². The van der Waals surface area contributed by atoms with Crippen LogP contribution < -0.4 is 21.3 Å². The Bertz CT molecular complexity index is 851. The number of benzene rings is 2. The first-order valence-corrected chi connectivity index (χ1v) is 10.3. The van der Waals surface area contributed by atoms with Crippen LogP contribution in [-0.4, -0.2) is 44.5 Å². The second-order valence-electron chi connectivity index (χ2n) is 6.96. The van der Waals surface area contributed by atoms with E-state index in [1.54, 1.807) is 55.6 Å². The molecule has 0 saturated heterocycles. The molecule has 0 saturated carbocycles. The Kier molecular flexibility index (Phi) is 10.0. The molecule has 0 unspecified atom stereocenters. The molecule has 2 aromatic rings. The van der Waals surface area contributed by atoms with Gasteiger partial charge in [0.2, 0.25) is 11.8 Å². The fourth-order valence-corrected chi connectivity index (χ4v) is 2.73. The van der Waals surface area contributed by atoms with E-state index in [1.165, 1.54) is 0 Å². The van der Waals surface area contributed by atoms with Gasteiger partial charge in [-0.15, -0.1) is 0 Å². The predicted molar refractivity (Wildman–Crippen MR) is 122 cm³/mol. The van der Waals surface area contributed by atoms with Crippen LogP contribution in [0.3, 0.4) is 0 Å². The summed E-state index contributed by atoms with van der Waals surface area (Å²) in [6, 6.07) is 13.9. The third-order valence-corrected chi connectivity index (χ3v) is 4.34. The van der Waals surface area contributed by atoms with Crippen LogP contribution in [0.4, 0.5) is 17.1 Å². The minimum absolute atomic E-state index is 0.0296. The molecule has 3 amide bonds. The zero-order valence-electron chi connectivity index (χ0n) is 18.0. The number of amides is 3. The van der Waals surface area contributed by atoms with Crippen LogP contribution >= 0.6 is 0 Å². The second-order valence-corrected chi connectivity index (χ2v) is 6.96. The standard InChI is InChI=1S/C23H30N4O4/c1-3-5-21(28)26-19-10-12-20(13-11-19)27-22(29)16-25-18-8-6-17(7-9-18)23(30)24-14-4-15-31-2/h6-13,25H,3-5,14-16H2,1-2H3,(H,24,30)(H,26,28)(H,27,29). The monoisotopic (exact) mass is 426 g/mol. The predicted octanol–water partition coefficient (Wildman–Crippen LogP) is 3.24. The average Bonchev–Trinajstić information content (AvgIpc) is 2.77. The maximum absolute atomic E-state index is 12.2. The Morgan fingerprint density at radius 3 is 2.00 bits per heavy atom. The van der Waals surface area contributed by atoms with Crippen LogP contribution in [0.15, 0.2) is 48.5 Å². The highest BCUT2D eigenvalue weighted by Crippen LogP contribution is 2.14. The number of rotatable bonds is 12. The van der Waals surface area contributed by atoms with Gasteiger partial charge in [0.15, 0.2) is 0 Å². The lowest BCUT2D eigenvalue weighted by Gasteiger charge is -2.10. The molecule has 0 aliphatic carbocycles. The van der Waals surface area contributed by atoms with Crippen LogP contribution in [0.1, 0.15) is 36.5 Å². The average molecular weight is 427 g/mol. The summed E-state index contributed by atoms with van der Waals surface area (Å²) >= 11 is 0. The number of anilines is 3. The first-order chi connectivity index (χ1) is 15.0.